The number of rotatable bonds is 17. The van der Waals surface area contributed by atoms with Crippen LogP contribution in [0.2, 0.25) is 0 Å². The maximum absolute atomic E-state index is 13.6. The van der Waals surface area contributed by atoms with Crippen molar-refractivity contribution in [2.45, 2.75) is 222 Å². The van der Waals surface area contributed by atoms with Crippen molar-refractivity contribution >= 4 is 23.5 Å². The van der Waals surface area contributed by atoms with Crippen LogP contribution in [0.1, 0.15) is 229 Å². The second-order valence-electron chi connectivity index (χ2n) is 30.0. The topological polar surface area (TPSA) is 169 Å². The molecule has 2 aromatic heterocycles. The number of amides is 3. The third-order valence-electron chi connectivity index (χ3n) is 21.9. The number of aromatic nitrogens is 3. The molecule has 6 unspecified atom stereocenters. The van der Waals surface area contributed by atoms with E-state index in [0.29, 0.717) is 77.8 Å². The quantitative estimate of drug-likeness (QED) is 0.0845. The lowest BCUT2D eigenvalue weighted by Gasteiger charge is -2.49. The number of nitrogens with zero attached hydrogens (tertiary/aromatic N) is 7. The molecule has 6 aromatic rings. The molecule has 8 aliphatic rings. The minimum absolute atomic E-state index is 0.0391. The minimum Gasteiger partial charge on any atom is -0.493 e. The number of likely N-dealkylation sites (tertiary alicyclic amines) is 3. The van der Waals surface area contributed by atoms with E-state index < -0.39 is 6.61 Å². The fourth-order valence-electron chi connectivity index (χ4n) is 16.5. The average Bonchev–Trinajstić information content (AvgIpc) is 1.16. The number of halogens is 2. The number of carbonyl (C=O) groups excluding carboxylic acids is 3. The van der Waals surface area contributed by atoms with Gasteiger partial charge in [0.05, 0.1) is 77.3 Å². The molecule has 18 nitrogen and oxygen atoms in total. The number of anilines is 1. The van der Waals surface area contributed by atoms with E-state index in [-0.39, 0.29) is 93.7 Å². The highest BCUT2D eigenvalue weighted by atomic mass is 19.3. The van der Waals surface area contributed by atoms with Gasteiger partial charge in [-0.25, -0.2) is 4.98 Å². The van der Waals surface area contributed by atoms with Gasteiger partial charge in [0.2, 0.25) is 0 Å². The maximum Gasteiger partial charge on any atom is 0.387 e. The van der Waals surface area contributed by atoms with Crippen molar-refractivity contribution in [2.24, 2.45) is 0 Å². The number of carbonyl (C=O) groups is 3. The third kappa shape index (κ3) is 18.2. The Kier molecular flexibility index (Phi) is 24.5. The van der Waals surface area contributed by atoms with Crippen molar-refractivity contribution in [2.75, 3.05) is 84.2 Å². The van der Waals surface area contributed by atoms with Crippen LogP contribution in [0.15, 0.2) is 134 Å². The average molecular weight is 1400 g/mol. The van der Waals surface area contributed by atoms with Gasteiger partial charge in [-0.05, 0) is 165 Å². The van der Waals surface area contributed by atoms with E-state index in [2.05, 4.69) is 110 Å². The Balaban J connectivity index is 0.000000144. The predicted molar refractivity (Wildman–Crippen MR) is 387 cm³/mol. The molecule has 1 aliphatic carbocycles. The van der Waals surface area contributed by atoms with Crippen LogP contribution in [0.4, 0.5) is 14.6 Å². The van der Waals surface area contributed by atoms with Crippen molar-refractivity contribution in [1.29, 1.82) is 0 Å². The summed E-state index contributed by atoms with van der Waals surface area (Å²) in [4.78, 5) is 53.0. The molecule has 4 aromatic carbocycles. The van der Waals surface area contributed by atoms with E-state index >= 15 is 0 Å². The zero-order chi connectivity index (χ0) is 71.4. The van der Waals surface area contributed by atoms with E-state index in [4.69, 9.17) is 38.3 Å². The Hall–Kier alpha value is -7.33. The lowest BCUT2D eigenvalue weighted by Crippen LogP contribution is -2.53. The van der Waals surface area contributed by atoms with Gasteiger partial charge < -0.3 is 57.5 Å². The number of pyridine rings is 1. The molecule has 6 atom stereocenters. The highest BCUT2D eigenvalue weighted by Gasteiger charge is 2.49. The first-order chi connectivity index (χ1) is 49.4. The molecule has 102 heavy (non-hydrogen) atoms. The van der Waals surface area contributed by atoms with Crippen molar-refractivity contribution in [1.82, 2.24) is 29.5 Å². The molecule has 8 fully saturated rings. The Bertz CT molecular complexity index is 3670. The molecular formula is C82H107F2N7O11. The van der Waals surface area contributed by atoms with Gasteiger partial charge in [0, 0.05) is 128 Å². The molecule has 3 amide bonds. The standard InChI is InChI=1S/C28H39N3O3.C28H37N3O3.C26H31F2NO5/c1-5-33-22-17-25(21-9-7-6-8-10-21)34-28(19-22)13-15-30(16-14-28)26(32)24-18-23(20-11-12-20)29-31(24)27(2,3)4;1-2-33-23-20-25(22-10-5-3-6-11-22)34-28(21-23)13-18-31(19-14-28)27(32)24-12-9-15-29-26(24)30-16-7-4-8-17-30;1-3-32-20-16-22(18-7-5-4-6-8-18)34-26(17-20)11-13-29(14-12-26)24(30)19-9-10-21(31-2)23(15-19)33-25(27)28/h6-10,18,20,22,25H,5,11-17,19H2,1-4H3;3,5-6,9-12,15,23,25H,2,4,7-8,13-14,16-21H2,1H3;4-10,15,20,22,25H,3,11-14,16-17H2,1-2H3. The van der Waals surface area contributed by atoms with Crippen molar-refractivity contribution < 1.29 is 61.1 Å². The number of piperidine rings is 4. The lowest BCUT2D eigenvalue weighted by atomic mass is 9.80. The fraction of sp³-hybridized carbons (Fsp3) is 0.573. The number of hydrogen-bond donors (Lipinski definition) is 0. The molecule has 1 saturated carbocycles. The van der Waals surface area contributed by atoms with Crippen LogP contribution in [0.5, 0.6) is 11.5 Å². The normalized spacial score (nSPS) is 24.0. The van der Waals surface area contributed by atoms with Crippen LogP contribution in [0.25, 0.3) is 0 Å². The highest BCUT2D eigenvalue weighted by Crippen LogP contribution is 2.48. The number of hydrogen-bond acceptors (Lipinski definition) is 14. The van der Waals surface area contributed by atoms with Crippen molar-refractivity contribution in [3.05, 3.63) is 173 Å². The molecule has 550 valence electrons. The Labute approximate surface area is 602 Å². The fourth-order valence-corrected chi connectivity index (χ4v) is 16.5. The van der Waals surface area contributed by atoms with E-state index in [0.717, 1.165) is 118 Å². The summed E-state index contributed by atoms with van der Waals surface area (Å²) in [6, 6.07) is 41.4. The highest BCUT2D eigenvalue weighted by molar-refractivity contribution is 5.99. The SMILES string of the molecule is CCOC1CC(c2ccccc2)OC2(CCN(C(=O)c3cc(C4CC4)nn3C(C)(C)C)CC2)C1.CCOC1CC(c2ccccc2)OC2(CCN(C(=O)c3ccc(OC)c(OC(F)F)c3)CC2)C1.CCOC1CC(c2ccccc2)OC2(CCN(C(=O)c3cccnc3N3CCCCC3)CC2)C1. The zero-order valence-electron chi connectivity index (χ0n) is 61.0. The van der Waals surface area contributed by atoms with Gasteiger partial charge in [-0.2, -0.15) is 13.9 Å². The van der Waals surface area contributed by atoms with Crippen molar-refractivity contribution in [3.8, 4) is 11.5 Å². The van der Waals surface area contributed by atoms with Crippen molar-refractivity contribution in [3.63, 3.8) is 0 Å². The molecule has 20 heteroatoms. The Morgan fingerprint density at radius 1 is 0.539 bits per heavy atom. The summed E-state index contributed by atoms with van der Waals surface area (Å²) in [6.45, 7) is 17.3. The molecule has 0 N–H and O–H groups in total. The van der Waals surface area contributed by atoms with Gasteiger partial charge >= 0.3 is 6.61 Å². The van der Waals surface area contributed by atoms with Gasteiger partial charge in [-0.15, -0.1) is 0 Å². The minimum atomic E-state index is -3.01. The smallest absolute Gasteiger partial charge is 0.387 e. The molecule has 0 radical (unpaired) electrons. The number of alkyl halides is 2. The van der Waals surface area contributed by atoms with E-state index in [9.17, 15) is 23.2 Å². The predicted octanol–water partition coefficient (Wildman–Crippen LogP) is 15.7. The van der Waals surface area contributed by atoms with Crippen LogP contribution in [-0.4, -0.2) is 168 Å². The van der Waals surface area contributed by atoms with Crippen LogP contribution >= 0.6 is 0 Å². The van der Waals surface area contributed by atoms with Gasteiger partial charge in [0.15, 0.2) is 11.5 Å². The summed E-state index contributed by atoms with van der Waals surface area (Å²) in [5, 5.41) is 4.84. The van der Waals surface area contributed by atoms with Crippen LogP contribution in [0, 0.1) is 0 Å². The number of ether oxygens (including phenoxy) is 8. The number of methoxy groups -OCH3 is 1. The molecule has 9 heterocycles. The van der Waals surface area contributed by atoms with Crippen LogP contribution in [-0.2, 0) is 34.0 Å². The summed E-state index contributed by atoms with van der Waals surface area (Å²) in [5.74, 6) is 1.34. The Morgan fingerprint density at radius 2 is 0.980 bits per heavy atom. The van der Waals surface area contributed by atoms with E-state index in [1.165, 1.54) is 49.6 Å². The van der Waals surface area contributed by atoms with E-state index in [1.807, 2.05) is 69.9 Å². The van der Waals surface area contributed by atoms with Crippen LogP contribution < -0.4 is 14.4 Å². The summed E-state index contributed by atoms with van der Waals surface area (Å²) >= 11 is 0. The Morgan fingerprint density at radius 3 is 1.39 bits per heavy atom. The lowest BCUT2D eigenvalue weighted by molar-refractivity contribution is -0.191. The molecule has 7 saturated heterocycles. The molecule has 14 rings (SSSR count). The monoisotopic (exact) mass is 1400 g/mol. The first-order valence-corrected chi connectivity index (χ1v) is 37.7. The molecule has 7 aliphatic heterocycles. The maximum atomic E-state index is 13.6. The van der Waals surface area contributed by atoms with Gasteiger partial charge in [-0.1, -0.05) is 91.0 Å². The summed E-state index contributed by atoms with van der Waals surface area (Å²) < 4.78 is 75.6. The largest absolute Gasteiger partial charge is 0.493 e. The first kappa shape index (κ1) is 74.4. The van der Waals surface area contributed by atoms with Crippen LogP contribution in [0.3, 0.4) is 0 Å². The molecule has 0 bridgehead atoms. The summed E-state index contributed by atoms with van der Waals surface area (Å²) in [6.07, 6.45) is 18.2. The first-order valence-electron chi connectivity index (χ1n) is 37.7. The summed E-state index contributed by atoms with van der Waals surface area (Å²) in [7, 11) is 1.36. The van der Waals surface area contributed by atoms with E-state index in [1.54, 1.807) is 17.2 Å². The molecular weight excluding hydrogens is 1300 g/mol. The van der Waals surface area contributed by atoms with Gasteiger partial charge in [0.1, 0.15) is 11.5 Å². The second-order valence-corrected chi connectivity index (χ2v) is 30.0. The number of benzene rings is 4. The zero-order valence-corrected chi connectivity index (χ0v) is 61.0. The van der Waals surface area contributed by atoms with Gasteiger partial charge in [-0.3, -0.25) is 19.1 Å². The van der Waals surface area contributed by atoms with Gasteiger partial charge in [0.25, 0.3) is 17.7 Å². The third-order valence-corrected chi connectivity index (χ3v) is 21.9. The molecule has 3 spiro atoms. The summed E-state index contributed by atoms with van der Waals surface area (Å²) in [5.41, 5.74) is 5.32. The second kappa shape index (κ2) is 33.6.